The molecule has 1 aliphatic heterocycles. The lowest BCUT2D eigenvalue weighted by atomic mass is 10.2. The van der Waals surface area contributed by atoms with Crippen LogP contribution in [0.4, 0.5) is 5.95 Å². The predicted molar refractivity (Wildman–Crippen MR) is 62.3 cm³/mol. The molecule has 92 valence electrons. The van der Waals surface area contributed by atoms with Crippen molar-refractivity contribution in [1.29, 1.82) is 0 Å². The van der Waals surface area contributed by atoms with Crippen LogP contribution in [0.25, 0.3) is 0 Å². The number of carbonyl (C=O) groups is 1. The molecule has 3 N–H and O–H groups in total. The van der Waals surface area contributed by atoms with E-state index in [1.54, 1.807) is 6.20 Å². The van der Waals surface area contributed by atoms with Crippen molar-refractivity contribution in [3.05, 3.63) is 18.0 Å². The number of ether oxygens (including phenoxy) is 1. The molecule has 1 aromatic rings. The Labute approximate surface area is 99.6 Å². The van der Waals surface area contributed by atoms with Gasteiger partial charge in [-0.1, -0.05) is 0 Å². The van der Waals surface area contributed by atoms with Gasteiger partial charge >= 0.3 is 0 Å². The fourth-order valence-electron chi connectivity index (χ4n) is 1.80. The van der Waals surface area contributed by atoms with Crippen LogP contribution in [0.5, 0.6) is 0 Å². The summed E-state index contributed by atoms with van der Waals surface area (Å²) in [6.45, 7) is 2.50. The summed E-state index contributed by atoms with van der Waals surface area (Å²) in [6, 6.07) is 1.83. The van der Waals surface area contributed by atoms with Gasteiger partial charge in [0.2, 0.25) is 11.9 Å². The number of amides is 1. The zero-order valence-corrected chi connectivity index (χ0v) is 9.72. The van der Waals surface area contributed by atoms with Gasteiger partial charge in [-0.25, -0.2) is 9.97 Å². The molecule has 6 nitrogen and oxygen atoms in total. The van der Waals surface area contributed by atoms with E-state index in [0.29, 0.717) is 18.9 Å². The van der Waals surface area contributed by atoms with E-state index >= 15 is 0 Å². The van der Waals surface area contributed by atoms with Crippen LogP contribution in [0.1, 0.15) is 18.5 Å². The Morgan fingerprint density at radius 2 is 2.47 bits per heavy atom. The van der Waals surface area contributed by atoms with E-state index in [9.17, 15) is 4.79 Å². The number of nitrogens with one attached hydrogen (secondary N) is 1. The molecular weight excluding hydrogens is 220 g/mol. The quantitative estimate of drug-likeness (QED) is 0.781. The Balaban J connectivity index is 1.82. The van der Waals surface area contributed by atoms with Crippen LogP contribution in [0, 0.1) is 6.92 Å². The standard InChI is InChI=1S/C11H16N4O2/c1-7-4-5-13-11(15-7)14-6-8-2-3-9(17-8)10(12)16/h4-5,8-9H,2-3,6H2,1H3,(H2,12,16)(H,13,14,15). The SMILES string of the molecule is Cc1ccnc(NCC2CCC(C(N)=O)O2)n1. The molecular formula is C11H16N4O2. The molecule has 0 bridgehead atoms. The third-order valence-electron chi connectivity index (χ3n) is 2.71. The van der Waals surface area contributed by atoms with Gasteiger partial charge in [-0.3, -0.25) is 4.79 Å². The number of rotatable bonds is 4. The Bertz CT molecular complexity index is 410. The molecule has 1 fully saturated rings. The molecule has 0 spiro atoms. The lowest BCUT2D eigenvalue weighted by molar-refractivity contribution is -0.128. The third kappa shape index (κ3) is 3.13. The van der Waals surface area contributed by atoms with Gasteiger partial charge in [0.05, 0.1) is 6.10 Å². The van der Waals surface area contributed by atoms with Gasteiger partial charge in [-0.05, 0) is 25.8 Å². The van der Waals surface area contributed by atoms with E-state index in [0.717, 1.165) is 12.1 Å². The smallest absolute Gasteiger partial charge is 0.246 e. The molecule has 1 aromatic heterocycles. The van der Waals surface area contributed by atoms with Crippen molar-refractivity contribution < 1.29 is 9.53 Å². The molecule has 1 amide bonds. The second-order valence-electron chi connectivity index (χ2n) is 4.13. The average molecular weight is 236 g/mol. The minimum Gasteiger partial charge on any atom is -0.367 e. The zero-order valence-electron chi connectivity index (χ0n) is 9.72. The Morgan fingerprint density at radius 3 is 3.12 bits per heavy atom. The summed E-state index contributed by atoms with van der Waals surface area (Å²) in [4.78, 5) is 19.2. The highest BCUT2D eigenvalue weighted by atomic mass is 16.5. The molecule has 1 saturated heterocycles. The van der Waals surface area contributed by atoms with Crippen molar-refractivity contribution in [1.82, 2.24) is 9.97 Å². The summed E-state index contributed by atoms with van der Waals surface area (Å²) in [7, 11) is 0. The van der Waals surface area contributed by atoms with E-state index in [1.807, 2.05) is 13.0 Å². The highest BCUT2D eigenvalue weighted by Gasteiger charge is 2.28. The molecule has 0 radical (unpaired) electrons. The van der Waals surface area contributed by atoms with Crippen LogP contribution < -0.4 is 11.1 Å². The van der Waals surface area contributed by atoms with Gasteiger partial charge < -0.3 is 15.8 Å². The highest BCUT2D eigenvalue weighted by molar-refractivity contribution is 5.79. The second-order valence-corrected chi connectivity index (χ2v) is 4.13. The van der Waals surface area contributed by atoms with Gasteiger partial charge in [0, 0.05) is 18.4 Å². The van der Waals surface area contributed by atoms with Crippen LogP contribution in [0.15, 0.2) is 12.3 Å². The maximum atomic E-state index is 10.9. The number of hydrogen-bond acceptors (Lipinski definition) is 5. The molecule has 17 heavy (non-hydrogen) atoms. The van der Waals surface area contributed by atoms with Gasteiger partial charge in [-0.2, -0.15) is 0 Å². The summed E-state index contributed by atoms with van der Waals surface area (Å²) >= 11 is 0. The molecule has 0 saturated carbocycles. The van der Waals surface area contributed by atoms with Gasteiger partial charge in [-0.15, -0.1) is 0 Å². The molecule has 2 unspecified atom stereocenters. The Hall–Kier alpha value is -1.69. The van der Waals surface area contributed by atoms with Crippen LogP contribution >= 0.6 is 0 Å². The monoisotopic (exact) mass is 236 g/mol. The van der Waals surface area contributed by atoms with Gasteiger partial charge in [0.1, 0.15) is 6.10 Å². The number of carbonyl (C=O) groups excluding carboxylic acids is 1. The fourth-order valence-corrected chi connectivity index (χ4v) is 1.80. The first kappa shape index (κ1) is 11.8. The maximum Gasteiger partial charge on any atom is 0.246 e. The lowest BCUT2D eigenvalue weighted by Crippen LogP contribution is -2.30. The van der Waals surface area contributed by atoms with Gasteiger partial charge in [0.15, 0.2) is 0 Å². The highest BCUT2D eigenvalue weighted by Crippen LogP contribution is 2.19. The summed E-state index contributed by atoms with van der Waals surface area (Å²) in [5.41, 5.74) is 6.09. The summed E-state index contributed by atoms with van der Waals surface area (Å²) in [5.74, 6) is 0.190. The van der Waals surface area contributed by atoms with Crippen molar-refractivity contribution in [2.45, 2.75) is 32.0 Å². The van der Waals surface area contributed by atoms with Crippen LogP contribution in [0.3, 0.4) is 0 Å². The summed E-state index contributed by atoms with van der Waals surface area (Å²) < 4.78 is 5.48. The molecule has 1 aliphatic rings. The summed E-state index contributed by atoms with van der Waals surface area (Å²) in [5, 5.41) is 3.09. The minimum atomic E-state index is -0.444. The number of nitrogens with two attached hydrogens (primary N) is 1. The Kier molecular flexibility index (Phi) is 3.53. The fraction of sp³-hybridized carbons (Fsp3) is 0.545. The van der Waals surface area contributed by atoms with Crippen molar-refractivity contribution in [2.24, 2.45) is 5.73 Å². The van der Waals surface area contributed by atoms with Crippen molar-refractivity contribution >= 4 is 11.9 Å². The molecule has 2 rings (SSSR count). The number of nitrogens with zero attached hydrogens (tertiary/aromatic N) is 2. The van der Waals surface area contributed by atoms with E-state index in [2.05, 4.69) is 15.3 Å². The number of hydrogen-bond donors (Lipinski definition) is 2. The van der Waals surface area contributed by atoms with Crippen LogP contribution in [-0.2, 0) is 9.53 Å². The average Bonchev–Trinajstić information content (AvgIpc) is 2.75. The minimum absolute atomic E-state index is 0.00314. The van der Waals surface area contributed by atoms with E-state index in [1.165, 1.54) is 0 Å². The molecule has 0 aromatic carbocycles. The first-order valence-corrected chi connectivity index (χ1v) is 5.63. The van der Waals surface area contributed by atoms with E-state index in [4.69, 9.17) is 10.5 Å². The van der Waals surface area contributed by atoms with Crippen LogP contribution in [0.2, 0.25) is 0 Å². The maximum absolute atomic E-state index is 10.9. The molecule has 6 heteroatoms. The normalized spacial score (nSPS) is 23.6. The zero-order chi connectivity index (χ0) is 12.3. The van der Waals surface area contributed by atoms with Gasteiger partial charge in [0.25, 0.3) is 0 Å². The predicted octanol–water partition coefficient (Wildman–Crippen LogP) is 0.230. The third-order valence-corrected chi connectivity index (χ3v) is 2.71. The van der Waals surface area contributed by atoms with E-state index in [-0.39, 0.29) is 12.0 Å². The molecule has 2 heterocycles. The number of primary amides is 1. The number of aromatic nitrogens is 2. The number of anilines is 1. The van der Waals surface area contributed by atoms with Crippen molar-refractivity contribution in [3.8, 4) is 0 Å². The van der Waals surface area contributed by atoms with Crippen molar-refractivity contribution in [3.63, 3.8) is 0 Å². The lowest BCUT2D eigenvalue weighted by Gasteiger charge is -2.12. The topological polar surface area (TPSA) is 90.1 Å². The van der Waals surface area contributed by atoms with Crippen LogP contribution in [-0.4, -0.2) is 34.6 Å². The van der Waals surface area contributed by atoms with Crippen molar-refractivity contribution in [2.75, 3.05) is 11.9 Å². The summed E-state index contributed by atoms with van der Waals surface area (Å²) in [6.07, 6.45) is 2.77. The second kappa shape index (κ2) is 5.09. The molecule has 0 aliphatic carbocycles. The number of aryl methyl sites for hydroxylation is 1. The first-order chi connectivity index (χ1) is 8.15. The molecule has 2 atom stereocenters. The largest absolute Gasteiger partial charge is 0.367 e. The first-order valence-electron chi connectivity index (χ1n) is 5.63. The van der Waals surface area contributed by atoms with E-state index < -0.39 is 6.10 Å². The Morgan fingerprint density at radius 1 is 1.65 bits per heavy atom.